The van der Waals surface area contributed by atoms with Gasteiger partial charge in [-0.3, -0.25) is 0 Å². The van der Waals surface area contributed by atoms with Crippen molar-refractivity contribution in [2.45, 2.75) is 38.8 Å². The second-order valence-electron chi connectivity index (χ2n) is 7.53. The smallest absolute Gasteiger partial charge is 0.328 e. The number of carbonyl (C=O) groups is 2. The maximum atomic E-state index is 13.4. The number of carbonyl (C=O) groups excluding carboxylic acids is 2. The van der Waals surface area contributed by atoms with Crippen LogP contribution < -0.4 is 14.8 Å². The third-order valence-electron chi connectivity index (χ3n) is 5.86. The molecule has 2 amide bonds. The standard InChI is InChI=1S/C22H30N4O5/c1-6-13(2)17(21(27)31-5)25-22(28)26-11-10-15-18(24-12-23-15)19(26)14-8-7-9-16(29-3)20(14)30-4/h7-9,12-13,17,19H,6,10-11H2,1-5H3,(H,23,24)(H,25,28)/t13-,17-,19-/m0/s1. The molecule has 9 heteroatoms. The molecule has 1 aromatic carbocycles. The number of methoxy groups -OCH3 is 3. The Balaban J connectivity index is 2.02. The first-order chi connectivity index (χ1) is 15.0. The van der Waals surface area contributed by atoms with E-state index in [4.69, 9.17) is 14.2 Å². The highest BCUT2D eigenvalue weighted by Crippen LogP contribution is 2.42. The summed E-state index contributed by atoms with van der Waals surface area (Å²) in [5, 5.41) is 2.88. The van der Waals surface area contributed by atoms with Crippen LogP contribution in [0.4, 0.5) is 4.79 Å². The van der Waals surface area contributed by atoms with Gasteiger partial charge >= 0.3 is 12.0 Å². The maximum absolute atomic E-state index is 13.4. The fourth-order valence-electron chi connectivity index (χ4n) is 3.95. The summed E-state index contributed by atoms with van der Waals surface area (Å²) in [6, 6.07) is 3.94. The number of aromatic nitrogens is 2. The lowest BCUT2D eigenvalue weighted by Gasteiger charge is -2.37. The van der Waals surface area contributed by atoms with Gasteiger partial charge in [0.05, 0.1) is 33.4 Å². The fourth-order valence-corrected chi connectivity index (χ4v) is 3.95. The lowest BCUT2D eigenvalue weighted by molar-refractivity contribution is -0.144. The minimum Gasteiger partial charge on any atom is -0.493 e. The Morgan fingerprint density at radius 2 is 2.06 bits per heavy atom. The van der Waals surface area contributed by atoms with E-state index in [1.807, 2.05) is 26.0 Å². The molecule has 2 heterocycles. The van der Waals surface area contributed by atoms with E-state index in [-0.39, 0.29) is 11.9 Å². The Hall–Kier alpha value is -3.23. The van der Waals surface area contributed by atoms with Crippen LogP contribution >= 0.6 is 0 Å². The number of hydrogen-bond donors (Lipinski definition) is 2. The van der Waals surface area contributed by atoms with Gasteiger partial charge in [0, 0.05) is 24.2 Å². The molecule has 0 fully saturated rings. The van der Waals surface area contributed by atoms with Crippen LogP contribution in [-0.2, 0) is 16.0 Å². The summed E-state index contributed by atoms with van der Waals surface area (Å²) in [4.78, 5) is 35.1. The SMILES string of the molecule is CC[C@H](C)[C@H](NC(=O)N1CCc2[nH]cnc2[C@@H]1c1cccc(OC)c1OC)C(=O)OC. The third kappa shape index (κ3) is 4.30. The summed E-state index contributed by atoms with van der Waals surface area (Å²) in [7, 11) is 4.46. The Morgan fingerprint density at radius 3 is 2.71 bits per heavy atom. The number of H-pyrrole nitrogens is 1. The number of nitrogens with zero attached hydrogens (tertiary/aromatic N) is 2. The number of amides is 2. The van der Waals surface area contributed by atoms with Crippen molar-refractivity contribution < 1.29 is 23.8 Å². The molecule has 3 atom stereocenters. The quantitative estimate of drug-likeness (QED) is 0.654. The van der Waals surface area contributed by atoms with Crippen molar-refractivity contribution >= 4 is 12.0 Å². The lowest BCUT2D eigenvalue weighted by atomic mass is 9.94. The van der Waals surface area contributed by atoms with E-state index in [0.717, 1.165) is 23.4 Å². The molecule has 168 valence electrons. The molecule has 3 rings (SSSR count). The van der Waals surface area contributed by atoms with Crippen LogP contribution in [-0.4, -0.2) is 60.8 Å². The summed E-state index contributed by atoms with van der Waals surface area (Å²) >= 11 is 0. The van der Waals surface area contributed by atoms with E-state index in [1.165, 1.54) is 7.11 Å². The van der Waals surface area contributed by atoms with Gasteiger partial charge < -0.3 is 29.4 Å². The second kappa shape index (κ2) is 9.72. The van der Waals surface area contributed by atoms with Gasteiger partial charge in [-0.05, 0) is 12.0 Å². The third-order valence-corrected chi connectivity index (χ3v) is 5.86. The molecule has 0 bridgehead atoms. The summed E-state index contributed by atoms with van der Waals surface area (Å²) in [5.41, 5.74) is 2.46. The van der Waals surface area contributed by atoms with Gasteiger partial charge in [0.1, 0.15) is 12.1 Å². The van der Waals surface area contributed by atoms with Crippen molar-refractivity contribution in [1.29, 1.82) is 0 Å². The number of fused-ring (bicyclic) bond motifs is 1. The first-order valence-corrected chi connectivity index (χ1v) is 10.3. The largest absolute Gasteiger partial charge is 0.493 e. The minimum absolute atomic E-state index is 0.0769. The van der Waals surface area contributed by atoms with Crippen molar-refractivity contribution in [3.8, 4) is 11.5 Å². The van der Waals surface area contributed by atoms with Crippen LogP contribution in [0.25, 0.3) is 0 Å². The van der Waals surface area contributed by atoms with E-state index in [9.17, 15) is 9.59 Å². The lowest BCUT2D eigenvalue weighted by Crippen LogP contribution is -2.53. The topological polar surface area (TPSA) is 106 Å². The number of imidazole rings is 1. The molecule has 1 aliphatic heterocycles. The van der Waals surface area contributed by atoms with Gasteiger partial charge in [0.15, 0.2) is 11.5 Å². The van der Waals surface area contributed by atoms with Crippen molar-refractivity contribution in [3.05, 3.63) is 41.5 Å². The molecule has 1 aliphatic rings. The number of rotatable bonds is 7. The van der Waals surface area contributed by atoms with Gasteiger partial charge in [0.25, 0.3) is 0 Å². The van der Waals surface area contributed by atoms with Crippen molar-refractivity contribution in [1.82, 2.24) is 20.2 Å². The van der Waals surface area contributed by atoms with Gasteiger partial charge in [-0.1, -0.05) is 32.4 Å². The second-order valence-corrected chi connectivity index (χ2v) is 7.53. The zero-order chi connectivity index (χ0) is 22.5. The number of nitrogens with one attached hydrogen (secondary N) is 2. The van der Waals surface area contributed by atoms with Crippen LogP contribution in [0.2, 0.25) is 0 Å². The van der Waals surface area contributed by atoms with Crippen LogP contribution in [0.1, 0.15) is 43.3 Å². The van der Waals surface area contributed by atoms with Crippen molar-refractivity contribution in [2.24, 2.45) is 5.92 Å². The van der Waals surface area contributed by atoms with Gasteiger partial charge in [-0.2, -0.15) is 0 Å². The zero-order valence-electron chi connectivity index (χ0n) is 18.6. The summed E-state index contributed by atoms with van der Waals surface area (Å²) in [5.74, 6) is 0.563. The van der Waals surface area contributed by atoms with E-state index in [0.29, 0.717) is 24.5 Å². The van der Waals surface area contributed by atoms with E-state index in [2.05, 4.69) is 15.3 Å². The molecule has 0 aliphatic carbocycles. The summed E-state index contributed by atoms with van der Waals surface area (Å²) in [6.45, 7) is 4.32. The molecule has 0 saturated carbocycles. The molecule has 0 saturated heterocycles. The number of para-hydroxylation sites is 1. The molecular formula is C22H30N4O5. The van der Waals surface area contributed by atoms with Gasteiger partial charge in [-0.25, -0.2) is 14.6 Å². The number of ether oxygens (including phenoxy) is 3. The molecule has 31 heavy (non-hydrogen) atoms. The Kier molecular flexibility index (Phi) is 7.04. The number of benzene rings is 1. The highest BCUT2D eigenvalue weighted by Gasteiger charge is 2.38. The minimum atomic E-state index is -0.740. The predicted octanol–water partition coefficient (Wildman–Crippen LogP) is 2.67. The highest BCUT2D eigenvalue weighted by molar-refractivity contribution is 5.84. The van der Waals surface area contributed by atoms with Crippen LogP contribution in [0, 0.1) is 5.92 Å². The molecule has 0 unspecified atom stereocenters. The maximum Gasteiger partial charge on any atom is 0.328 e. The predicted molar refractivity (Wildman–Crippen MR) is 114 cm³/mol. The highest BCUT2D eigenvalue weighted by atomic mass is 16.5. The molecule has 0 spiro atoms. The normalized spacial score (nSPS) is 17.3. The monoisotopic (exact) mass is 430 g/mol. The van der Waals surface area contributed by atoms with E-state index < -0.39 is 18.1 Å². The van der Waals surface area contributed by atoms with E-state index >= 15 is 0 Å². The number of aromatic amines is 1. The summed E-state index contributed by atoms with van der Waals surface area (Å²) < 4.78 is 16.0. The number of esters is 1. The molecule has 2 aromatic rings. The molecule has 1 aromatic heterocycles. The molecular weight excluding hydrogens is 400 g/mol. The number of hydrogen-bond acceptors (Lipinski definition) is 6. The average Bonchev–Trinajstić information content (AvgIpc) is 3.29. The Morgan fingerprint density at radius 1 is 1.29 bits per heavy atom. The molecule has 9 nitrogen and oxygen atoms in total. The fraction of sp³-hybridized carbons (Fsp3) is 0.500. The molecule has 2 N–H and O–H groups in total. The Bertz CT molecular complexity index is 928. The van der Waals surface area contributed by atoms with Crippen LogP contribution in [0.5, 0.6) is 11.5 Å². The van der Waals surface area contributed by atoms with Gasteiger partial charge in [0.2, 0.25) is 0 Å². The molecule has 0 radical (unpaired) electrons. The Labute approximate surface area is 182 Å². The zero-order valence-corrected chi connectivity index (χ0v) is 18.6. The van der Waals surface area contributed by atoms with Crippen LogP contribution in [0.3, 0.4) is 0 Å². The van der Waals surface area contributed by atoms with Gasteiger partial charge in [-0.15, -0.1) is 0 Å². The number of urea groups is 1. The van der Waals surface area contributed by atoms with E-state index in [1.54, 1.807) is 31.5 Å². The van der Waals surface area contributed by atoms with Crippen LogP contribution in [0.15, 0.2) is 24.5 Å². The first-order valence-electron chi connectivity index (χ1n) is 10.3. The van der Waals surface area contributed by atoms with Crippen molar-refractivity contribution in [3.63, 3.8) is 0 Å². The first kappa shape index (κ1) is 22.5. The average molecular weight is 431 g/mol. The summed E-state index contributed by atoms with van der Waals surface area (Å²) in [6.07, 6.45) is 2.97. The van der Waals surface area contributed by atoms with Crippen molar-refractivity contribution in [2.75, 3.05) is 27.9 Å².